The van der Waals surface area contributed by atoms with E-state index >= 15 is 0 Å². The van der Waals surface area contributed by atoms with Crippen molar-refractivity contribution in [3.05, 3.63) is 82.2 Å². The molecule has 7 nitrogen and oxygen atoms in total. The molecular weight excluding hydrogens is 418 g/mol. The van der Waals surface area contributed by atoms with Crippen LogP contribution in [0.25, 0.3) is 5.69 Å². The Morgan fingerprint density at radius 3 is 2.55 bits per heavy atom. The fourth-order valence-electron chi connectivity index (χ4n) is 4.73. The van der Waals surface area contributed by atoms with Gasteiger partial charge in [-0.2, -0.15) is 5.10 Å². The molecule has 2 aromatic carbocycles. The van der Waals surface area contributed by atoms with Gasteiger partial charge in [0, 0.05) is 29.2 Å². The number of allylic oxidation sites excluding steroid dienone is 2. The van der Waals surface area contributed by atoms with Crippen LogP contribution in [0.1, 0.15) is 47.6 Å². The van der Waals surface area contributed by atoms with Crippen LogP contribution in [0.3, 0.4) is 0 Å². The number of carbonyl (C=O) groups excluding carboxylic acids is 1. The number of hydrogen-bond donors (Lipinski definition) is 2. The third-order valence-corrected chi connectivity index (χ3v) is 6.26. The minimum Gasteiger partial charge on any atom is -0.482 e. The van der Waals surface area contributed by atoms with Crippen molar-refractivity contribution in [1.82, 2.24) is 9.78 Å². The van der Waals surface area contributed by atoms with E-state index in [2.05, 4.69) is 24.4 Å². The van der Waals surface area contributed by atoms with E-state index in [0.717, 1.165) is 52.4 Å². The molecule has 0 spiro atoms. The molecule has 3 aromatic rings. The summed E-state index contributed by atoms with van der Waals surface area (Å²) in [6, 6.07) is 15.5. The zero-order valence-electron chi connectivity index (χ0n) is 18.6. The first-order valence-corrected chi connectivity index (χ1v) is 11.1. The Balaban J connectivity index is 1.62. The third-order valence-electron chi connectivity index (χ3n) is 6.26. The molecule has 0 saturated carbocycles. The second-order valence-corrected chi connectivity index (χ2v) is 8.57. The smallest absolute Gasteiger partial charge is 0.341 e. The second kappa shape index (κ2) is 8.24. The number of fused-ring (bicyclic) bond motifs is 1. The molecule has 5 rings (SSSR count). The number of carboxylic acids is 1. The largest absolute Gasteiger partial charge is 0.482 e. The van der Waals surface area contributed by atoms with E-state index in [1.165, 1.54) is 5.56 Å². The second-order valence-electron chi connectivity index (χ2n) is 8.57. The van der Waals surface area contributed by atoms with Gasteiger partial charge in [0.15, 0.2) is 12.4 Å². The van der Waals surface area contributed by atoms with E-state index in [-0.39, 0.29) is 11.7 Å². The topological polar surface area (TPSA) is 93.5 Å². The van der Waals surface area contributed by atoms with Gasteiger partial charge in [0.2, 0.25) is 0 Å². The third kappa shape index (κ3) is 3.80. The summed E-state index contributed by atoms with van der Waals surface area (Å²) in [5.74, 6) is 0.265. The lowest BCUT2D eigenvalue weighted by Crippen LogP contribution is -2.27. The van der Waals surface area contributed by atoms with E-state index in [9.17, 15) is 9.59 Å². The molecule has 2 aliphatic rings. The summed E-state index contributed by atoms with van der Waals surface area (Å²) < 4.78 is 7.22. The maximum atomic E-state index is 13.1. The van der Waals surface area contributed by atoms with Crippen LogP contribution in [0.4, 0.5) is 5.82 Å². The molecule has 33 heavy (non-hydrogen) atoms. The molecule has 0 amide bonds. The van der Waals surface area contributed by atoms with Crippen LogP contribution in [0, 0.1) is 13.8 Å². The number of hydrogen-bond acceptors (Lipinski definition) is 5. The number of aromatic nitrogens is 2. The molecule has 168 valence electrons. The van der Waals surface area contributed by atoms with Gasteiger partial charge in [0.25, 0.3) is 0 Å². The number of anilines is 1. The summed E-state index contributed by atoms with van der Waals surface area (Å²) in [5.41, 5.74) is 6.70. The van der Waals surface area contributed by atoms with Crippen LogP contribution in [0.5, 0.6) is 5.75 Å². The summed E-state index contributed by atoms with van der Waals surface area (Å²) >= 11 is 0. The highest BCUT2D eigenvalue weighted by molar-refractivity contribution is 6.01. The Morgan fingerprint density at radius 1 is 1.12 bits per heavy atom. The van der Waals surface area contributed by atoms with Crippen LogP contribution < -0.4 is 10.1 Å². The number of ether oxygens (including phenoxy) is 1. The number of rotatable bonds is 5. The first-order valence-electron chi connectivity index (χ1n) is 11.1. The summed E-state index contributed by atoms with van der Waals surface area (Å²) in [6.07, 6.45) is 2.18. The Labute approximate surface area is 191 Å². The number of aryl methyl sites for hydroxylation is 2. The Kier molecular flexibility index (Phi) is 5.24. The number of ketones is 1. The van der Waals surface area contributed by atoms with Crippen LogP contribution in [-0.4, -0.2) is 33.2 Å². The van der Waals surface area contributed by atoms with Crippen LogP contribution in [0.15, 0.2) is 59.8 Å². The van der Waals surface area contributed by atoms with Crippen molar-refractivity contribution in [3.8, 4) is 11.4 Å². The van der Waals surface area contributed by atoms with E-state index < -0.39 is 12.6 Å². The van der Waals surface area contributed by atoms with Crippen molar-refractivity contribution < 1.29 is 19.4 Å². The molecule has 2 heterocycles. The van der Waals surface area contributed by atoms with Crippen molar-refractivity contribution in [1.29, 1.82) is 0 Å². The molecule has 2 N–H and O–H groups in total. The van der Waals surface area contributed by atoms with Gasteiger partial charge in [0.05, 0.1) is 11.4 Å². The molecular formula is C26H25N3O4. The van der Waals surface area contributed by atoms with Gasteiger partial charge in [-0.3, -0.25) is 4.79 Å². The highest BCUT2D eigenvalue weighted by atomic mass is 16.5. The zero-order chi connectivity index (χ0) is 23.1. The van der Waals surface area contributed by atoms with E-state index in [1.54, 1.807) is 12.1 Å². The lowest BCUT2D eigenvalue weighted by molar-refractivity contribution is -0.139. The van der Waals surface area contributed by atoms with Gasteiger partial charge >= 0.3 is 5.97 Å². The zero-order valence-corrected chi connectivity index (χ0v) is 18.6. The molecule has 0 unspecified atom stereocenters. The Hall–Kier alpha value is -3.87. The average Bonchev–Trinajstić information content (AvgIpc) is 3.13. The monoisotopic (exact) mass is 443 g/mol. The fourth-order valence-corrected chi connectivity index (χ4v) is 4.73. The summed E-state index contributed by atoms with van der Waals surface area (Å²) in [7, 11) is 0. The minimum atomic E-state index is -1.02. The lowest BCUT2D eigenvalue weighted by Gasteiger charge is -2.33. The van der Waals surface area contributed by atoms with Gasteiger partial charge < -0.3 is 15.2 Å². The van der Waals surface area contributed by atoms with Crippen molar-refractivity contribution in [3.63, 3.8) is 0 Å². The SMILES string of the molecule is Cc1ccc(-n2nc(C)c3c2NC2=C(C(=O)CCC2)[C@@H]3c2ccc(OCC(=O)O)cc2)cc1. The predicted octanol–water partition coefficient (Wildman–Crippen LogP) is 4.52. The molecule has 1 aliphatic carbocycles. The molecule has 1 aliphatic heterocycles. The van der Waals surface area contributed by atoms with Crippen LogP contribution in [-0.2, 0) is 9.59 Å². The van der Waals surface area contributed by atoms with Crippen molar-refractivity contribution in [2.45, 2.75) is 39.0 Å². The van der Waals surface area contributed by atoms with E-state index in [1.807, 2.05) is 35.9 Å². The van der Waals surface area contributed by atoms with Gasteiger partial charge in [-0.05, 0) is 56.5 Å². The van der Waals surface area contributed by atoms with Gasteiger partial charge in [-0.25, -0.2) is 9.48 Å². The van der Waals surface area contributed by atoms with Crippen LogP contribution in [0.2, 0.25) is 0 Å². The number of aliphatic carboxylic acids is 1. The standard InChI is InChI=1S/C26H25N3O4/c1-15-6-10-18(11-7-15)29-26-23(16(2)28-29)24(25-20(27-26)4-3-5-21(25)30)17-8-12-19(13-9-17)33-14-22(31)32/h6-13,24,27H,3-5,14H2,1-2H3,(H,31,32)/t24-/m1/s1. The van der Waals surface area contributed by atoms with Crippen molar-refractivity contribution in [2.75, 3.05) is 11.9 Å². The average molecular weight is 444 g/mol. The number of carboxylic acid groups (broad SMARTS) is 1. The van der Waals surface area contributed by atoms with Crippen molar-refractivity contribution in [2.24, 2.45) is 0 Å². The predicted molar refractivity (Wildman–Crippen MR) is 124 cm³/mol. The van der Waals surface area contributed by atoms with Gasteiger partial charge in [0.1, 0.15) is 11.6 Å². The molecule has 0 bridgehead atoms. The molecule has 0 saturated heterocycles. The molecule has 0 fully saturated rings. The number of Topliss-reactive ketones (excluding diaryl/α,β-unsaturated/α-hetero) is 1. The summed E-state index contributed by atoms with van der Waals surface area (Å²) in [4.78, 5) is 23.9. The first kappa shape index (κ1) is 21.0. The normalized spacial score (nSPS) is 17.3. The Bertz CT molecular complexity index is 1270. The fraction of sp³-hybridized carbons (Fsp3) is 0.269. The Morgan fingerprint density at radius 2 is 1.85 bits per heavy atom. The first-order chi connectivity index (χ1) is 15.9. The van der Waals surface area contributed by atoms with E-state index in [0.29, 0.717) is 12.2 Å². The van der Waals surface area contributed by atoms with Gasteiger partial charge in [-0.1, -0.05) is 29.8 Å². The molecule has 0 radical (unpaired) electrons. The minimum absolute atomic E-state index is 0.160. The highest BCUT2D eigenvalue weighted by Crippen LogP contribution is 2.47. The highest BCUT2D eigenvalue weighted by Gasteiger charge is 2.38. The number of nitrogens with zero attached hydrogens (tertiary/aromatic N) is 2. The van der Waals surface area contributed by atoms with Gasteiger partial charge in [-0.15, -0.1) is 0 Å². The van der Waals surface area contributed by atoms with Crippen molar-refractivity contribution >= 4 is 17.6 Å². The van der Waals surface area contributed by atoms with Crippen LogP contribution >= 0.6 is 0 Å². The lowest BCUT2D eigenvalue weighted by atomic mass is 9.76. The number of nitrogens with one attached hydrogen (secondary N) is 1. The molecule has 1 aromatic heterocycles. The number of carbonyl (C=O) groups is 2. The summed E-state index contributed by atoms with van der Waals surface area (Å²) in [6.45, 7) is 3.63. The maximum Gasteiger partial charge on any atom is 0.341 e. The quantitative estimate of drug-likeness (QED) is 0.602. The molecule has 7 heteroatoms. The maximum absolute atomic E-state index is 13.1. The summed E-state index contributed by atoms with van der Waals surface area (Å²) in [5, 5.41) is 17.2. The molecule has 1 atom stereocenters. The number of benzene rings is 2. The van der Waals surface area contributed by atoms with E-state index in [4.69, 9.17) is 14.9 Å².